The summed E-state index contributed by atoms with van der Waals surface area (Å²) in [6, 6.07) is 14.4. The number of anilines is 3. The molecule has 0 saturated heterocycles. The number of benzene rings is 1. The molecule has 0 aliphatic heterocycles. The molecule has 0 bridgehead atoms. The Labute approximate surface area is 220 Å². The molecule has 6 rings (SSSR count). The quantitative estimate of drug-likeness (QED) is 0.264. The lowest BCUT2D eigenvalue weighted by molar-refractivity contribution is 0.102. The van der Waals surface area contributed by atoms with Gasteiger partial charge in [-0.2, -0.15) is 0 Å². The molecule has 1 aromatic carbocycles. The number of nitrogens with one attached hydrogen (secondary N) is 3. The second-order valence-corrected chi connectivity index (χ2v) is 9.97. The van der Waals surface area contributed by atoms with Crippen molar-refractivity contribution in [2.45, 2.75) is 63.3 Å². The Bertz CT molecular complexity index is 1410. The van der Waals surface area contributed by atoms with Crippen LogP contribution in [0.5, 0.6) is 5.88 Å². The van der Waals surface area contributed by atoms with E-state index in [9.17, 15) is 4.79 Å². The van der Waals surface area contributed by atoms with Gasteiger partial charge in [0.2, 0.25) is 5.88 Å². The average Bonchev–Trinajstić information content (AvgIpc) is 3.64. The number of rotatable bonds is 9. The van der Waals surface area contributed by atoms with Gasteiger partial charge in [0, 0.05) is 30.3 Å². The van der Waals surface area contributed by atoms with E-state index in [1.165, 1.54) is 12.5 Å². The number of aromatic nitrogens is 5. The molecular formula is C27H31N9O2. The zero-order chi connectivity index (χ0) is 25.9. The highest BCUT2D eigenvalue weighted by atomic mass is 16.5. The van der Waals surface area contributed by atoms with Crippen LogP contribution in [0.15, 0.2) is 55.0 Å². The second-order valence-electron chi connectivity index (χ2n) is 9.97. The van der Waals surface area contributed by atoms with E-state index in [4.69, 9.17) is 15.6 Å². The number of fused-ring (bicyclic) bond motifs is 1. The number of imidazole rings is 1. The molecular weight excluding hydrogens is 482 g/mol. The zero-order valence-electron chi connectivity index (χ0n) is 21.0. The smallest absolute Gasteiger partial charge is 0.277 e. The van der Waals surface area contributed by atoms with Crippen LogP contribution in [0.4, 0.5) is 17.3 Å². The second kappa shape index (κ2) is 10.6. The maximum atomic E-state index is 13.3. The van der Waals surface area contributed by atoms with Crippen molar-refractivity contribution in [2.24, 2.45) is 5.73 Å². The third kappa shape index (κ3) is 5.67. The number of carbonyl (C=O) groups is 1. The Morgan fingerprint density at radius 3 is 2.50 bits per heavy atom. The number of nitrogens with two attached hydrogens (primary N) is 1. The molecule has 0 unspecified atom stereocenters. The van der Waals surface area contributed by atoms with Crippen LogP contribution in [-0.4, -0.2) is 48.6 Å². The van der Waals surface area contributed by atoms with Crippen molar-refractivity contribution in [3.8, 4) is 5.88 Å². The highest BCUT2D eigenvalue weighted by Gasteiger charge is 2.25. The molecule has 2 aliphatic carbocycles. The Kier molecular flexibility index (Phi) is 6.74. The van der Waals surface area contributed by atoms with Gasteiger partial charge in [-0.25, -0.2) is 19.5 Å². The molecule has 5 N–H and O–H groups in total. The molecule has 2 aliphatic rings. The Morgan fingerprint density at radius 1 is 0.947 bits per heavy atom. The lowest BCUT2D eigenvalue weighted by Gasteiger charge is -2.27. The summed E-state index contributed by atoms with van der Waals surface area (Å²) < 4.78 is 7.36. The summed E-state index contributed by atoms with van der Waals surface area (Å²) in [5, 5.41) is 14.6. The van der Waals surface area contributed by atoms with Gasteiger partial charge in [0.1, 0.15) is 24.6 Å². The van der Waals surface area contributed by atoms with E-state index in [1.54, 1.807) is 10.6 Å². The molecule has 3 aromatic heterocycles. The Hall–Kier alpha value is -4.25. The lowest BCUT2D eigenvalue weighted by Crippen LogP contribution is -2.33. The minimum Gasteiger partial charge on any atom is -0.473 e. The van der Waals surface area contributed by atoms with E-state index in [2.05, 4.69) is 30.9 Å². The average molecular weight is 514 g/mol. The van der Waals surface area contributed by atoms with Gasteiger partial charge in [-0.3, -0.25) is 4.79 Å². The molecule has 4 aromatic rings. The van der Waals surface area contributed by atoms with Crippen molar-refractivity contribution in [3.05, 3.63) is 66.2 Å². The van der Waals surface area contributed by atoms with Crippen LogP contribution in [0.2, 0.25) is 0 Å². The van der Waals surface area contributed by atoms with Gasteiger partial charge >= 0.3 is 0 Å². The summed E-state index contributed by atoms with van der Waals surface area (Å²) in [5.41, 5.74) is 8.86. The number of hydrogen-bond donors (Lipinski definition) is 4. The summed E-state index contributed by atoms with van der Waals surface area (Å²) >= 11 is 0. The Balaban J connectivity index is 1.21. The van der Waals surface area contributed by atoms with Crippen LogP contribution in [-0.2, 0) is 6.61 Å². The maximum absolute atomic E-state index is 13.3. The van der Waals surface area contributed by atoms with E-state index in [0.717, 1.165) is 49.8 Å². The van der Waals surface area contributed by atoms with Gasteiger partial charge in [-0.1, -0.05) is 30.3 Å². The normalized spacial score (nSPS) is 19.2. The van der Waals surface area contributed by atoms with Crippen molar-refractivity contribution in [3.63, 3.8) is 0 Å². The fourth-order valence-electron chi connectivity index (χ4n) is 4.62. The monoisotopic (exact) mass is 513 g/mol. The summed E-state index contributed by atoms with van der Waals surface area (Å²) in [4.78, 5) is 26.1. The Morgan fingerprint density at radius 2 is 1.71 bits per heavy atom. The molecule has 11 heteroatoms. The largest absolute Gasteiger partial charge is 0.473 e. The molecule has 2 saturated carbocycles. The topological polar surface area (TPSA) is 144 Å². The van der Waals surface area contributed by atoms with Crippen LogP contribution in [0.1, 0.15) is 54.6 Å². The first-order valence-corrected chi connectivity index (χ1v) is 13.1. The minimum absolute atomic E-state index is 0.269. The fraction of sp³-hybridized carbons (Fsp3) is 0.370. The highest BCUT2D eigenvalue weighted by Crippen LogP contribution is 2.30. The van der Waals surface area contributed by atoms with Crippen molar-refractivity contribution < 1.29 is 9.53 Å². The number of carbonyl (C=O) groups excluding carboxylic acids is 1. The maximum Gasteiger partial charge on any atom is 0.277 e. The summed E-state index contributed by atoms with van der Waals surface area (Å²) in [6.45, 7) is 0.363. The molecule has 0 atom stereocenters. The summed E-state index contributed by atoms with van der Waals surface area (Å²) in [7, 11) is 0. The molecule has 3 heterocycles. The van der Waals surface area contributed by atoms with Crippen molar-refractivity contribution in [1.82, 2.24) is 24.6 Å². The number of hydrogen-bond acceptors (Lipinski definition) is 9. The molecule has 2 fully saturated rings. The molecule has 0 radical (unpaired) electrons. The highest BCUT2D eigenvalue weighted by molar-refractivity contribution is 6.03. The van der Waals surface area contributed by atoms with E-state index in [-0.39, 0.29) is 11.9 Å². The van der Waals surface area contributed by atoms with Crippen LogP contribution in [0.3, 0.4) is 0 Å². The van der Waals surface area contributed by atoms with Gasteiger partial charge in [-0.15, -0.1) is 5.10 Å². The molecule has 11 nitrogen and oxygen atoms in total. The van der Waals surface area contributed by atoms with Crippen LogP contribution < -0.4 is 26.4 Å². The lowest BCUT2D eigenvalue weighted by atomic mass is 9.92. The predicted octanol–water partition coefficient (Wildman–Crippen LogP) is 3.61. The van der Waals surface area contributed by atoms with Crippen LogP contribution >= 0.6 is 0 Å². The van der Waals surface area contributed by atoms with E-state index < -0.39 is 0 Å². The summed E-state index contributed by atoms with van der Waals surface area (Å²) in [5.74, 6) is 1.01. The first kappa shape index (κ1) is 24.1. The first-order valence-electron chi connectivity index (χ1n) is 13.1. The van der Waals surface area contributed by atoms with Gasteiger partial charge in [0.05, 0.1) is 11.9 Å². The van der Waals surface area contributed by atoms with Gasteiger partial charge in [0.25, 0.3) is 5.91 Å². The molecule has 38 heavy (non-hydrogen) atoms. The third-order valence-electron chi connectivity index (χ3n) is 6.87. The molecule has 196 valence electrons. The van der Waals surface area contributed by atoms with Gasteiger partial charge in [-0.05, 0) is 44.1 Å². The molecule has 0 spiro atoms. The summed E-state index contributed by atoms with van der Waals surface area (Å²) in [6.07, 6.45) is 9.09. The van der Waals surface area contributed by atoms with Crippen LogP contribution in [0, 0.1) is 0 Å². The number of ether oxygens (including phenoxy) is 1. The number of nitrogens with zero attached hydrogens (tertiary/aromatic N) is 5. The standard InChI is InChI=1S/C27H31N9O2/c28-18-6-8-20(9-7-18)33-24-12-21(32-19-10-11-19)26-29-14-22(36(26)35-24)27(37)34-23-13-25(31-16-30-23)38-15-17-4-2-1-3-5-17/h1-5,12-14,16,18-20,32H,6-11,15,28H2,(H,33,35)(H,30,31,34,37). The third-order valence-corrected chi connectivity index (χ3v) is 6.87. The van der Waals surface area contributed by atoms with E-state index in [1.807, 2.05) is 36.4 Å². The first-order chi connectivity index (χ1) is 18.6. The fourth-order valence-corrected chi connectivity index (χ4v) is 4.62. The predicted molar refractivity (Wildman–Crippen MR) is 144 cm³/mol. The van der Waals surface area contributed by atoms with E-state index >= 15 is 0 Å². The molecule has 1 amide bonds. The minimum atomic E-state index is -0.379. The van der Waals surface area contributed by atoms with Crippen LogP contribution in [0.25, 0.3) is 5.65 Å². The number of amides is 1. The van der Waals surface area contributed by atoms with Gasteiger partial charge < -0.3 is 26.4 Å². The van der Waals surface area contributed by atoms with E-state index in [0.29, 0.717) is 47.5 Å². The zero-order valence-corrected chi connectivity index (χ0v) is 21.0. The van der Waals surface area contributed by atoms with Crippen molar-refractivity contribution in [2.75, 3.05) is 16.0 Å². The van der Waals surface area contributed by atoms with Gasteiger partial charge in [0.15, 0.2) is 11.3 Å². The SMILES string of the molecule is NC1CCC(Nc2cc(NC3CC3)c3ncc(C(=O)Nc4cc(OCc5ccccc5)ncn4)n3n2)CC1. The van der Waals surface area contributed by atoms with Crippen molar-refractivity contribution >= 4 is 28.9 Å². The van der Waals surface area contributed by atoms with Crippen molar-refractivity contribution in [1.29, 1.82) is 0 Å².